The van der Waals surface area contributed by atoms with Crippen molar-refractivity contribution in [3.8, 4) is 6.07 Å². The lowest BCUT2D eigenvalue weighted by Gasteiger charge is -2.32. The van der Waals surface area contributed by atoms with Crippen molar-refractivity contribution in [3.05, 3.63) is 40.8 Å². The van der Waals surface area contributed by atoms with Crippen LogP contribution in [0.1, 0.15) is 30.0 Å². The van der Waals surface area contributed by atoms with Crippen molar-refractivity contribution in [2.24, 2.45) is 7.05 Å². The fraction of sp³-hybridized carbons (Fsp3) is 0.400. The molecule has 0 atom stereocenters. The Labute approximate surface area is 128 Å². The van der Waals surface area contributed by atoms with E-state index in [0.717, 1.165) is 31.7 Å². The highest BCUT2D eigenvalue weighted by Crippen LogP contribution is 2.30. The summed E-state index contributed by atoms with van der Waals surface area (Å²) in [7, 11) is 1.94. The average Bonchev–Trinajstić information content (AvgIpc) is 2.94. The lowest BCUT2D eigenvalue weighted by molar-refractivity contribution is 0.502. The maximum Gasteiger partial charge on any atom is 0.161 e. The normalized spacial score (nSPS) is 16.0. The Morgan fingerprint density at radius 2 is 2.10 bits per heavy atom. The number of hydrogen-bond acceptors (Lipinski definition) is 4. The van der Waals surface area contributed by atoms with Gasteiger partial charge in [-0.05, 0) is 36.5 Å². The number of aryl methyl sites for hydroxylation is 1. The largest absolute Gasteiger partial charge is 0.357 e. The third kappa shape index (κ3) is 2.86. The van der Waals surface area contributed by atoms with Gasteiger partial charge in [0.25, 0.3) is 0 Å². The number of anilines is 1. The Morgan fingerprint density at radius 3 is 2.71 bits per heavy atom. The molecular weight excluding hydrogens is 286 g/mol. The average molecular weight is 302 g/mol. The Morgan fingerprint density at radius 1 is 1.33 bits per heavy atom. The first kappa shape index (κ1) is 13.9. The lowest BCUT2D eigenvalue weighted by Crippen LogP contribution is -2.33. The van der Waals surface area contributed by atoms with Crippen LogP contribution in [0.15, 0.2) is 24.5 Å². The van der Waals surface area contributed by atoms with Gasteiger partial charge >= 0.3 is 0 Å². The van der Waals surface area contributed by atoms with Crippen molar-refractivity contribution in [1.29, 1.82) is 5.26 Å². The fourth-order valence-corrected chi connectivity index (χ4v) is 2.93. The Kier molecular flexibility index (Phi) is 3.80. The summed E-state index contributed by atoms with van der Waals surface area (Å²) in [5.74, 6) is 1.39. The van der Waals surface area contributed by atoms with Gasteiger partial charge in [-0.2, -0.15) is 10.4 Å². The second-order valence-corrected chi connectivity index (χ2v) is 5.73. The van der Waals surface area contributed by atoms with E-state index in [4.69, 9.17) is 16.9 Å². The third-order valence-electron chi connectivity index (χ3n) is 3.95. The van der Waals surface area contributed by atoms with Crippen molar-refractivity contribution in [1.82, 2.24) is 14.8 Å². The molecule has 3 heterocycles. The smallest absolute Gasteiger partial charge is 0.161 e. The molecule has 0 aliphatic carbocycles. The monoisotopic (exact) mass is 301 g/mol. The predicted octanol–water partition coefficient (Wildman–Crippen LogP) is 2.72. The Bertz CT molecular complexity index is 680. The predicted molar refractivity (Wildman–Crippen MR) is 81.4 cm³/mol. The number of halogens is 1. The summed E-state index contributed by atoms with van der Waals surface area (Å²) in [5, 5.41) is 13.7. The summed E-state index contributed by atoms with van der Waals surface area (Å²) in [6, 6.07) is 5.66. The fourth-order valence-electron chi connectivity index (χ4n) is 2.78. The van der Waals surface area contributed by atoms with E-state index < -0.39 is 0 Å². The Hall–Kier alpha value is -2.06. The van der Waals surface area contributed by atoms with E-state index in [1.807, 2.05) is 30.1 Å². The molecule has 0 saturated carbocycles. The summed E-state index contributed by atoms with van der Waals surface area (Å²) in [5.41, 5.74) is 1.60. The minimum Gasteiger partial charge on any atom is -0.357 e. The molecule has 1 saturated heterocycles. The zero-order valence-corrected chi connectivity index (χ0v) is 12.6. The van der Waals surface area contributed by atoms with Gasteiger partial charge < -0.3 is 4.90 Å². The van der Waals surface area contributed by atoms with E-state index in [9.17, 15) is 0 Å². The molecule has 2 aromatic heterocycles. The van der Waals surface area contributed by atoms with Gasteiger partial charge in [-0.3, -0.25) is 4.68 Å². The van der Waals surface area contributed by atoms with Crippen molar-refractivity contribution >= 4 is 17.4 Å². The molecule has 1 fully saturated rings. The highest BCUT2D eigenvalue weighted by molar-refractivity contribution is 6.31. The van der Waals surface area contributed by atoms with Crippen molar-refractivity contribution < 1.29 is 0 Å². The molecule has 0 N–H and O–H groups in total. The van der Waals surface area contributed by atoms with Gasteiger partial charge in [-0.25, -0.2) is 4.98 Å². The van der Waals surface area contributed by atoms with Gasteiger partial charge in [-0.15, -0.1) is 0 Å². The molecular formula is C15H16ClN5. The highest BCUT2D eigenvalue weighted by Gasteiger charge is 2.22. The quantitative estimate of drug-likeness (QED) is 0.856. The summed E-state index contributed by atoms with van der Waals surface area (Å²) in [4.78, 5) is 6.55. The first-order chi connectivity index (χ1) is 10.2. The van der Waals surface area contributed by atoms with Crippen LogP contribution in [0.25, 0.3) is 0 Å². The number of rotatable bonds is 2. The number of hydrogen-bond donors (Lipinski definition) is 0. The van der Waals surface area contributed by atoms with Gasteiger partial charge in [0.1, 0.15) is 11.9 Å². The number of piperidine rings is 1. The van der Waals surface area contributed by atoms with Crippen molar-refractivity contribution in [2.45, 2.75) is 18.8 Å². The van der Waals surface area contributed by atoms with E-state index >= 15 is 0 Å². The van der Waals surface area contributed by atoms with Gasteiger partial charge in [-0.1, -0.05) is 11.6 Å². The third-order valence-corrected chi connectivity index (χ3v) is 4.26. The molecule has 1 aliphatic heterocycles. The first-order valence-corrected chi connectivity index (χ1v) is 7.35. The van der Waals surface area contributed by atoms with Crippen LogP contribution in [0, 0.1) is 11.3 Å². The van der Waals surface area contributed by atoms with E-state index in [-0.39, 0.29) is 0 Å². The first-order valence-electron chi connectivity index (χ1n) is 6.97. The van der Waals surface area contributed by atoms with Crippen molar-refractivity contribution in [3.63, 3.8) is 0 Å². The molecule has 108 valence electrons. The zero-order chi connectivity index (χ0) is 14.8. The van der Waals surface area contributed by atoms with Crippen LogP contribution in [-0.2, 0) is 7.05 Å². The molecule has 1 aliphatic rings. The van der Waals surface area contributed by atoms with E-state index in [1.165, 1.54) is 5.56 Å². The molecule has 5 nitrogen and oxygen atoms in total. The molecule has 6 heteroatoms. The molecule has 21 heavy (non-hydrogen) atoms. The van der Waals surface area contributed by atoms with Gasteiger partial charge in [0.2, 0.25) is 0 Å². The van der Waals surface area contributed by atoms with E-state index in [1.54, 1.807) is 6.07 Å². The van der Waals surface area contributed by atoms with Crippen LogP contribution in [0.3, 0.4) is 0 Å². The zero-order valence-electron chi connectivity index (χ0n) is 11.8. The SMILES string of the molecule is Cn1cc(C2CCN(c3ccc(Cl)c(C#N)n3)CC2)cn1. The minimum absolute atomic E-state index is 0.295. The molecule has 0 bridgehead atoms. The summed E-state index contributed by atoms with van der Waals surface area (Å²) in [6.07, 6.45) is 6.18. The Balaban J connectivity index is 1.70. The van der Waals surface area contributed by atoms with Crippen LogP contribution in [-0.4, -0.2) is 27.9 Å². The molecule has 0 unspecified atom stereocenters. The van der Waals surface area contributed by atoms with Gasteiger partial charge in [0, 0.05) is 26.3 Å². The summed E-state index contributed by atoms with van der Waals surface area (Å²) in [6.45, 7) is 1.86. The number of aromatic nitrogens is 3. The van der Waals surface area contributed by atoms with Crippen LogP contribution in [0.4, 0.5) is 5.82 Å². The van der Waals surface area contributed by atoms with E-state index in [2.05, 4.69) is 21.2 Å². The second kappa shape index (κ2) is 5.74. The van der Waals surface area contributed by atoms with Crippen LogP contribution < -0.4 is 4.90 Å². The molecule has 0 amide bonds. The number of nitriles is 1. The highest BCUT2D eigenvalue weighted by atomic mass is 35.5. The van der Waals surface area contributed by atoms with Gasteiger partial charge in [0.15, 0.2) is 5.69 Å². The van der Waals surface area contributed by atoms with Crippen molar-refractivity contribution in [2.75, 3.05) is 18.0 Å². The lowest BCUT2D eigenvalue weighted by atomic mass is 9.91. The number of pyridine rings is 1. The second-order valence-electron chi connectivity index (χ2n) is 5.32. The topological polar surface area (TPSA) is 57.7 Å². The maximum absolute atomic E-state index is 9.01. The summed E-state index contributed by atoms with van der Waals surface area (Å²) < 4.78 is 1.85. The maximum atomic E-state index is 9.01. The van der Waals surface area contributed by atoms with Crippen LogP contribution in [0.2, 0.25) is 5.02 Å². The summed E-state index contributed by atoms with van der Waals surface area (Å²) >= 11 is 5.93. The van der Waals surface area contributed by atoms with E-state index in [0.29, 0.717) is 16.6 Å². The molecule has 0 radical (unpaired) electrons. The number of nitrogens with zero attached hydrogens (tertiary/aromatic N) is 5. The molecule has 0 spiro atoms. The minimum atomic E-state index is 0.295. The molecule has 2 aromatic rings. The molecule has 0 aromatic carbocycles. The standard InChI is InChI=1S/C15H16ClN5/c1-20-10-12(9-18-20)11-4-6-21(7-5-11)15-3-2-13(16)14(8-17)19-15/h2-3,9-11H,4-7H2,1H3. The molecule has 3 rings (SSSR count). The van der Waals surface area contributed by atoms with Crippen LogP contribution >= 0.6 is 11.6 Å². The van der Waals surface area contributed by atoms with Gasteiger partial charge in [0.05, 0.1) is 11.2 Å². The van der Waals surface area contributed by atoms with Crippen LogP contribution in [0.5, 0.6) is 0 Å².